The summed E-state index contributed by atoms with van der Waals surface area (Å²) in [5, 5.41) is 5.46. The maximum atomic E-state index is 13.8. The number of carbonyl (C=O) groups is 4. The fourth-order valence-corrected chi connectivity index (χ4v) is 9.30. The topological polar surface area (TPSA) is 155 Å². The molecule has 2 aromatic carbocycles. The van der Waals surface area contributed by atoms with Crippen LogP contribution in [0.1, 0.15) is 95.7 Å². The van der Waals surface area contributed by atoms with Gasteiger partial charge >= 0.3 is 12.2 Å². The third kappa shape index (κ3) is 9.34. The molecule has 306 valence electrons. The summed E-state index contributed by atoms with van der Waals surface area (Å²) in [7, 11) is 2.60. The van der Waals surface area contributed by atoms with E-state index in [-0.39, 0.29) is 46.2 Å². The number of methoxy groups -OCH3 is 2. The molecule has 1 aromatic heterocycles. The average Bonchev–Trinajstić information content (AvgIpc) is 4.04. The summed E-state index contributed by atoms with van der Waals surface area (Å²) in [5.41, 5.74) is 6.66. The summed E-state index contributed by atoms with van der Waals surface area (Å²) in [6, 6.07) is 14.6. The maximum absolute atomic E-state index is 13.8. The zero-order valence-corrected chi connectivity index (χ0v) is 35.4. The molecule has 12 nitrogen and oxygen atoms in total. The molecular weight excluding hydrogens is 753 g/mol. The van der Waals surface area contributed by atoms with Crippen LogP contribution < -0.4 is 10.6 Å². The molecule has 2 aliphatic heterocycles. The average molecular weight is 807 g/mol. The lowest BCUT2D eigenvalue weighted by Crippen LogP contribution is -2.56. The number of carbonyl (C=O) groups excluding carboxylic acids is 4. The number of hydrogen-bond donors (Lipinski definition) is 3. The zero-order chi connectivity index (χ0) is 41.7. The molecule has 3 N–H and O–H groups in total. The smallest absolute Gasteiger partial charge is 0.407 e. The number of allylic oxidation sites excluding steroid dienone is 1. The molecule has 1 unspecified atom stereocenters. The minimum Gasteiger partial charge on any atom is -0.453 e. The van der Waals surface area contributed by atoms with Gasteiger partial charge in [0.1, 0.15) is 11.9 Å². The summed E-state index contributed by atoms with van der Waals surface area (Å²) in [4.78, 5) is 66.2. The Kier molecular flexibility index (Phi) is 13.2. The second kappa shape index (κ2) is 18.1. The van der Waals surface area contributed by atoms with Gasteiger partial charge in [-0.05, 0) is 79.5 Å². The van der Waals surface area contributed by atoms with Gasteiger partial charge in [-0.15, -0.1) is 11.8 Å². The van der Waals surface area contributed by atoms with Gasteiger partial charge in [0.05, 0.1) is 44.1 Å². The van der Waals surface area contributed by atoms with E-state index in [0.717, 1.165) is 64.3 Å². The fraction of sp³-hybridized carbons (Fsp3) is 0.467. The Morgan fingerprint density at radius 1 is 0.862 bits per heavy atom. The van der Waals surface area contributed by atoms with Gasteiger partial charge < -0.3 is 30.0 Å². The largest absolute Gasteiger partial charge is 0.453 e. The number of hydrogen-bond acceptors (Lipinski definition) is 9. The standard InChI is InChI=1S/C45H54N6O6S/c1-26(2)37(49-43(54)56-7)39(52)33-10-9-11-34(33)41-47-24-36(48-41)31-20-16-29(17-21-31)13-12-28-14-18-30(19-15-28)32-22-35(46-23-32)40-45(5,6)58-25-51(40)42(53)38(27(3)4)50-44(55)57-8/h14-21,23-24,26-27,33-34,37-38,40H,9-11,22,25H2,1-8H3,(H,47,48)(H,49,54)(H,50,55)/t33?,34-,37+,38+,40-/m1/s1. The molecule has 2 fully saturated rings. The monoisotopic (exact) mass is 806 g/mol. The molecule has 3 aromatic rings. The van der Waals surface area contributed by atoms with Crippen LogP contribution >= 0.6 is 11.8 Å². The SMILES string of the molecule is COC(=O)N[C@H](C(=O)C1CCC[C@H]1c1ncc(-c2ccc(C#Cc3ccc(C4=CN=C([C@H]5N(C(=O)[C@@H](NC(=O)OC)C(C)C)CSC5(C)C)C4)cc3)cc2)[nH]1)C(C)C. The van der Waals surface area contributed by atoms with Crippen molar-refractivity contribution in [2.45, 2.75) is 96.0 Å². The van der Waals surface area contributed by atoms with E-state index in [1.54, 1.807) is 11.8 Å². The van der Waals surface area contributed by atoms with Gasteiger partial charge in [-0.25, -0.2) is 14.6 Å². The summed E-state index contributed by atoms with van der Waals surface area (Å²) in [6.45, 7) is 11.9. The Labute approximate surface area is 345 Å². The molecule has 58 heavy (non-hydrogen) atoms. The normalized spacial score (nSPS) is 20.8. The quantitative estimate of drug-likeness (QED) is 0.168. The minimum absolute atomic E-state index is 0.0226. The number of thioether (sulfide) groups is 1. The number of H-pyrrole nitrogens is 1. The molecule has 0 radical (unpaired) electrons. The molecule has 3 amide bonds. The van der Waals surface area contributed by atoms with Crippen molar-refractivity contribution in [2.75, 3.05) is 20.1 Å². The molecule has 0 spiro atoms. The van der Waals surface area contributed by atoms with Crippen LogP contribution in [0.4, 0.5) is 9.59 Å². The predicted octanol–water partition coefficient (Wildman–Crippen LogP) is 7.56. The Hall–Kier alpha value is -5.35. The van der Waals surface area contributed by atoms with Crippen LogP contribution in [0.15, 0.2) is 65.9 Å². The third-order valence-corrected chi connectivity index (χ3v) is 12.7. The van der Waals surface area contributed by atoms with Crippen LogP contribution in [0.5, 0.6) is 0 Å². The molecule has 1 saturated heterocycles. The van der Waals surface area contributed by atoms with Crippen LogP contribution in [0.2, 0.25) is 0 Å². The Morgan fingerprint density at radius 3 is 2.03 bits per heavy atom. The number of aliphatic imine (C=N–C) groups is 1. The second-order valence-electron chi connectivity index (χ2n) is 16.4. The number of ether oxygens (including phenoxy) is 2. The minimum atomic E-state index is -0.701. The van der Waals surface area contributed by atoms with Crippen molar-refractivity contribution < 1.29 is 28.7 Å². The van der Waals surface area contributed by atoms with Gasteiger partial charge in [0.25, 0.3) is 0 Å². The van der Waals surface area contributed by atoms with E-state index in [1.807, 2.05) is 81.4 Å². The van der Waals surface area contributed by atoms with Crippen molar-refractivity contribution in [1.82, 2.24) is 25.5 Å². The number of aromatic amines is 1. The van der Waals surface area contributed by atoms with Crippen LogP contribution in [0.3, 0.4) is 0 Å². The Bertz CT molecular complexity index is 2130. The van der Waals surface area contributed by atoms with E-state index in [9.17, 15) is 19.2 Å². The van der Waals surface area contributed by atoms with E-state index < -0.39 is 24.3 Å². The highest BCUT2D eigenvalue weighted by Crippen LogP contribution is 2.43. The molecule has 13 heteroatoms. The number of alkyl carbamates (subject to hydrolysis) is 2. The second-order valence-corrected chi connectivity index (χ2v) is 18.0. The first-order valence-corrected chi connectivity index (χ1v) is 20.9. The van der Waals surface area contributed by atoms with Crippen LogP contribution in [0, 0.1) is 29.6 Å². The number of rotatable bonds is 11. The molecule has 1 aliphatic carbocycles. The molecule has 0 bridgehead atoms. The summed E-state index contributed by atoms with van der Waals surface area (Å²) < 4.78 is 9.31. The summed E-state index contributed by atoms with van der Waals surface area (Å²) >= 11 is 1.71. The number of nitrogens with one attached hydrogen (secondary N) is 3. The van der Waals surface area contributed by atoms with E-state index in [4.69, 9.17) is 19.5 Å². The first-order chi connectivity index (χ1) is 27.7. The van der Waals surface area contributed by atoms with Crippen molar-refractivity contribution in [3.8, 4) is 23.1 Å². The van der Waals surface area contributed by atoms with E-state index >= 15 is 0 Å². The van der Waals surface area contributed by atoms with Crippen molar-refractivity contribution in [3.05, 3.63) is 83.4 Å². The maximum Gasteiger partial charge on any atom is 0.407 e. The first-order valence-electron chi connectivity index (χ1n) is 19.9. The van der Waals surface area contributed by atoms with Gasteiger partial charge in [-0.3, -0.25) is 14.6 Å². The summed E-state index contributed by atoms with van der Waals surface area (Å²) in [5.74, 6) is 7.29. The Balaban J connectivity index is 1.07. The highest BCUT2D eigenvalue weighted by atomic mass is 32.2. The lowest BCUT2D eigenvalue weighted by atomic mass is 9.84. The van der Waals surface area contributed by atoms with Crippen LogP contribution in [0.25, 0.3) is 16.8 Å². The molecule has 6 rings (SSSR count). The number of aromatic nitrogens is 2. The van der Waals surface area contributed by atoms with Crippen LogP contribution in [-0.4, -0.2) is 87.4 Å². The van der Waals surface area contributed by atoms with Gasteiger partial charge in [-0.1, -0.05) is 70.2 Å². The van der Waals surface area contributed by atoms with Crippen LogP contribution in [-0.2, 0) is 19.1 Å². The van der Waals surface area contributed by atoms with Crippen molar-refractivity contribution in [1.29, 1.82) is 0 Å². The molecular formula is C45H54N6O6S. The van der Waals surface area contributed by atoms with Gasteiger partial charge in [0.2, 0.25) is 5.91 Å². The van der Waals surface area contributed by atoms with Crippen molar-refractivity contribution in [2.24, 2.45) is 22.7 Å². The van der Waals surface area contributed by atoms with Gasteiger partial charge in [-0.2, -0.15) is 0 Å². The number of Topliss-reactive ketones (excluding diaryl/α,β-unsaturated/α-hetero) is 1. The fourth-order valence-electron chi connectivity index (χ4n) is 8.13. The van der Waals surface area contributed by atoms with Crippen molar-refractivity contribution >= 4 is 46.9 Å². The molecule has 3 aliphatic rings. The van der Waals surface area contributed by atoms with Gasteiger partial charge in [0, 0.05) is 46.0 Å². The number of amides is 3. The van der Waals surface area contributed by atoms with E-state index in [2.05, 4.69) is 53.4 Å². The number of imidazole rings is 1. The summed E-state index contributed by atoms with van der Waals surface area (Å²) in [6.07, 6.45) is 5.64. The zero-order valence-electron chi connectivity index (χ0n) is 34.5. The molecule has 3 heterocycles. The van der Waals surface area contributed by atoms with E-state index in [1.165, 1.54) is 14.2 Å². The molecule has 1 saturated carbocycles. The van der Waals surface area contributed by atoms with E-state index in [0.29, 0.717) is 12.3 Å². The number of nitrogens with zero attached hydrogens (tertiary/aromatic N) is 3. The predicted molar refractivity (Wildman–Crippen MR) is 227 cm³/mol. The lowest BCUT2D eigenvalue weighted by molar-refractivity contribution is -0.134. The number of ketones is 1. The lowest BCUT2D eigenvalue weighted by Gasteiger charge is -2.34. The highest BCUT2D eigenvalue weighted by molar-refractivity contribution is 8.00. The first kappa shape index (κ1) is 42.3. The van der Waals surface area contributed by atoms with Crippen molar-refractivity contribution in [3.63, 3.8) is 0 Å². The highest BCUT2D eigenvalue weighted by Gasteiger charge is 2.48. The van der Waals surface area contributed by atoms with Gasteiger partial charge in [0.15, 0.2) is 5.78 Å². The third-order valence-electron chi connectivity index (χ3n) is 11.4. The molecule has 5 atom stereocenters. The number of benzene rings is 2. The Morgan fingerprint density at radius 2 is 1.45 bits per heavy atom.